The fraction of sp³-hybridized carbons (Fsp3) is 0.312. The molecule has 3 heterocycles. The van der Waals surface area contributed by atoms with Crippen LogP contribution in [0.5, 0.6) is 0 Å². The summed E-state index contributed by atoms with van der Waals surface area (Å²) in [5.41, 5.74) is 1.59. The Morgan fingerprint density at radius 3 is 2.95 bits per heavy atom. The van der Waals surface area contributed by atoms with Crippen LogP contribution in [-0.4, -0.2) is 21.1 Å². The lowest BCUT2D eigenvalue weighted by Gasteiger charge is -2.11. The van der Waals surface area contributed by atoms with Crippen molar-refractivity contribution in [3.63, 3.8) is 0 Å². The van der Waals surface area contributed by atoms with Gasteiger partial charge in [-0.25, -0.2) is 4.98 Å². The van der Waals surface area contributed by atoms with Gasteiger partial charge in [-0.15, -0.1) is 0 Å². The Bertz CT molecular complexity index is 822. The third-order valence-corrected chi connectivity index (χ3v) is 3.87. The Morgan fingerprint density at radius 1 is 1.45 bits per heavy atom. The average molecular weight is 318 g/mol. The quantitative estimate of drug-likeness (QED) is 0.513. The van der Waals surface area contributed by atoms with Gasteiger partial charge < -0.3 is 4.42 Å². The maximum Gasteiger partial charge on any atom is 0.185 e. The molecule has 22 heavy (non-hydrogen) atoms. The molecule has 114 valence electrons. The van der Waals surface area contributed by atoms with Crippen LogP contribution in [0.3, 0.4) is 0 Å². The molecule has 5 nitrogen and oxygen atoms in total. The summed E-state index contributed by atoms with van der Waals surface area (Å²) in [7, 11) is 0. The van der Waals surface area contributed by atoms with Gasteiger partial charge in [0, 0.05) is 23.7 Å². The van der Waals surface area contributed by atoms with Crippen LogP contribution in [0.15, 0.2) is 28.8 Å². The van der Waals surface area contributed by atoms with Crippen molar-refractivity contribution in [3.8, 4) is 11.5 Å². The fourth-order valence-corrected chi connectivity index (χ4v) is 2.76. The Labute approximate surface area is 132 Å². The molecule has 0 aliphatic rings. The highest BCUT2D eigenvalue weighted by atomic mass is 35.5. The second-order valence-corrected chi connectivity index (χ2v) is 5.66. The van der Waals surface area contributed by atoms with Crippen molar-refractivity contribution in [1.29, 1.82) is 0 Å². The van der Waals surface area contributed by atoms with Crippen LogP contribution in [0.1, 0.15) is 43.3 Å². The lowest BCUT2D eigenvalue weighted by Crippen LogP contribution is -2.06. The zero-order valence-electron chi connectivity index (χ0n) is 12.4. The van der Waals surface area contributed by atoms with Crippen molar-refractivity contribution < 1.29 is 9.21 Å². The van der Waals surface area contributed by atoms with Crippen molar-refractivity contribution >= 4 is 28.8 Å². The van der Waals surface area contributed by atoms with Crippen LogP contribution < -0.4 is 0 Å². The van der Waals surface area contributed by atoms with Gasteiger partial charge in [-0.2, -0.15) is 5.10 Å². The highest BCUT2D eigenvalue weighted by molar-refractivity contribution is 6.30. The first kappa shape index (κ1) is 14.8. The summed E-state index contributed by atoms with van der Waals surface area (Å²) in [4.78, 5) is 14.9. The van der Waals surface area contributed by atoms with Crippen LogP contribution in [0, 0.1) is 0 Å². The topological polar surface area (TPSA) is 60.9 Å². The van der Waals surface area contributed by atoms with Gasteiger partial charge in [0.15, 0.2) is 17.8 Å². The number of rotatable bonds is 5. The summed E-state index contributed by atoms with van der Waals surface area (Å²) >= 11 is 6.03. The van der Waals surface area contributed by atoms with E-state index in [0.29, 0.717) is 22.9 Å². The predicted molar refractivity (Wildman–Crippen MR) is 85.2 cm³/mol. The van der Waals surface area contributed by atoms with Crippen LogP contribution in [-0.2, 0) is 0 Å². The highest BCUT2D eigenvalue weighted by Crippen LogP contribution is 2.32. The first-order valence-corrected chi connectivity index (χ1v) is 7.61. The van der Waals surface area contributed by atoms with Gasteiger partial charge in [-0.05, 0) is 25.5 Å². The number of nitrogens with zero attached hydrogens (tertiary/aromatic N) is 3. The maximum atomic E-state index is 10.8. The van der Waals surface area contributed by atoms with Gasteiger partial charge in [0.25, 0.3) is 0 Å². The van der Waals surface area contributed by atoms with Gasteiger partial charge in [-0.1, -0.05) is 24.9 Å². The minimum atomic E-state index is 0.236. The normalized spacial score (nSPS) is 12.7. The smallest absolute Gasteiger partial charge is 0.185 e. The van der Waals surface area contributed by atoms with E-state index in [9.17, 15) is 4.79 Å². The number of aldehydes is 1. The highest BCUT2D eigenvalue weighted by Gasteiger charge is 2.19. The van der Waals surface area contributed by atoms with Crippen molar-refractivity contribution in [1.82, 2.24) is 14.8 Å². The number of aromatic nitrogens is 3. The zero-order valence-corrected chi connectivity index (χ0v) is 13.2. The second kappa shape index (κ2) is 5.93. The molecule has 1 atom stereocenters. The standard InChI is InChI=1S/C16H16ClN3O2/c1-3-4-10(2)20-13-7-15(17)18-8-12(13)16(19-20)14-6-5-11(9-21)22-14/h5-10H,3-4H2,1-2H3. The molecule has 0 bridgehead atoms. The van der Waals surface area contributed by atoms with Crippen molar-refractivity contribution in [2.75, 3.05) is 0 Å². The van der Waals surface area contributed by atoms with Gasteiger partial charge in [0.2, 0.25) is 0 Å². The molecule has 0 radical (unpaired) electrons. The number of pyridine rings is 1. The van der Waals surface area contributed by atoms with E-state index < -0.39 is 0 Å². The van der Waals surface area contributed by atoms with E-state index in [1.165, 1.54) is 0 Å². The van der Waals surface area contributed by atoms with Gasteiger partial charge >= 0.3 is 0 Å². The number of carbonyl (C=O) groups is 1. The SMILES string of the molecule is CCCC(C)n1nc(-c2ccc(C=O)o2)c2cnc(Cl)cc21. The largest absolute Gasteiger partial charge is 0.452 e. The minimum Gasteiger partial charge on any atom is -0.452 e. The fourth-order valence-electron chi connectivity index (χ4n) is 2.61. The maximum absolute atomic E-state index is 10.8. The van der Waals surface area contributed by atoms with Gasteiger partial charge in [0.05, 0.1) is 5.52 Å². The van der Waals surface area contributed by atoms with Gasteiger partial charge in [0.1, 0.15) is 10.8 Å². The third-order valence-electron chi connectivity index (χ3n) is 3.66. The molecule has 0 amide bonds. The minimum absolute atomic E-state index is 0.236. The summed E-state index contributed by atoms with van der Waals surface area (Å²) in [6, 6.07) is 5.42. The molecule has 0 saturated carbocycles. The molecule has 0 N–H and O–H groups in total. The third kappa shape index (κ3) is 2.52. The van der Waals surface area contributed by atoms with E-state index in [2.05, 4.69) is 23.9 Å². The molecule has 0 aliphatic carbocycles. The van der Waals surface area contributed by atoms with E-state index in [1.54, 1.807) is 18.3 Å². The van der Waals surface area contributed by atoms with Crippen molar-refractivity contribution in [2.24, 2.45) is 0 Å². The van der Waals surface area contributed by atoms with Crippen molar-refractivity contribution in [2.45, 2.75) is 32.7 Å². The van der Waals surface area contributed by atoms with Crippen LogP contribution in [0.2, 0.25) is 5.15 Å². The van der Waals surface area contributed by atoms with Crippen LogP contribution in [0.25, 0.3) is 22.4 Å². The molecular weight excluding hydrogens is 302 g/mol. The molecule has 0 aromatic carbocycles. The summed E-state index contributed by atoms with van der Waals surface area (Å²) in [5.74, 6) is 0.833. The second-order valence-electron chi connectivity index (χ2n) is 5.27. The van der Waals surface area contributed by atoms with Crippen molar-refractivity contribution in [3.05, 3.63) is 35.3 Å². The lowest BCUT2D eigenvalue weighted by atomic mass is 10.2. The van der Waals surface area contributed by atoms with E-state index in [-0.39, 0.29) is 11.8 Å². The van der Waals surface area contributed by atoms with E-state index >= 15 is 0 Å². The average Bonchev–Trinajstić information content (AvgIpc) is 3.10. The summed E-state index contributed by atoms with van der Waals surface area (Å²) < 4.78 is 7.45. The van der Waals surface area contributed by atoms with E-state index in [0.717, 1.165) is 23.7 Å². The molecule has 0 aliphatic heterocycles. The number of furan rings is 1. The number of hydrogen-bond acceptors (Lipinski definition) is 4. The summed E-state index contributed by atoms with van der Waals surface area (Å²) in [6.07, 6.45) is 4.44. The number of hydrogen-bond donors (Lipinski definition) is 0. The molecule has 0 fully saturated rings. The zero-order chi connectivity index (χ0) is 15.7. The molecule has 6 heteroatoms. The lowest BCUT2D eigenvalue weighted by molar-refractivity contribution is 0.110. The molecule has 0 spiro atoms. The Kier molecular flexibility index (Phi) is 3.98. The van der Waals surface area contributed by atoms with Gasteiger partial charge in [-0.3, -0.25) is 9.48 Å². The molecular formula is C16H16ClN3O2. The Balaban J connectivity index is 2.20. The molecule has 3 rings (SSSR count). The number of halogens is 1. The predicted octanol–water partition coefficient (Wildman–Crippen LogP) is 4.52. The first-order chi connectivity index (χ1) is 10.6. The molecule has 3 aromatic heterocycles. The number of carbonyl (C=O) groups excluding carboxylic acids is 1. The molecule has 3 aromatic rings. The summed E-state index contributed by atoms with van der Waals surface area (Å²) in [6.45, 7) is 4.26. The van der Waals surface area contributed by atoms with Crippen LogP contribution >= 0.6 is 11.6 Å². The number of fused-ring (bicyclic) bond motifs is 1. The Hall–Kier alpha value is -2.14. The first-order valence-electron chi connectivity index (χ1n) is 7.23. The molecule has 1 unspecified atom stereocenters. The van der Waals surface area contributed by atoms with E-state index in [4.69, 9.17) is 16.0 Å². The molecule has 0 saturated heterocycles. The monoisotopic (exact) mass is 317 g/mol. The van der Waals surface area contributed by atoms with E-state index in [1.807, 2.05) is 10.7 Å². The van der Waals surface area contributed by atoms with Crippen LogP contribution in [0.4, 0.5) is 0 Å². The summed E-state index contributed by atoms with van der Waals surface area (Å²) in [5, 5.41) is 5.96. The Morgan fingerprint density at radius 2 is 2.27 bits per heavy atom.